The number of fused-ring (bicyclic) bond motifs is 5. The Kier molecular flexibility index (Phi) is 18.6. The van der Waals surface area contributed by atoms with E-state index in [1.807, 2.05) is 6.92 Å². The molecule has 0 radical (unpaired) electrons. The van der Waals surface area contributed by atoms with Gasteiger partial charge in [-0.15, -0.1) is 0 Å². The van der Waals surface area contributed by atoms with Crippen LogP contribution in [0.5, 0.6) is 0 Å². The first-order valence-electron chi connectivity index (χ1n) is 28.5. The maximum Gasteiger partial charge on any atom is 0.303 e. The lowest BCUT2D eigenvalue weighted by Crippen LogP contribution is -2.71. The zero-order valence-corrected chi connectivity index (χ0v) is 50.0. The number of aliphatic hydroxyl groups is 2. The highest BCUT2D eigenvalue weighted by Crippen LogP contribution is 2.77. The molecule has 458 valence electrons. The summed E-state index contributed by atoms with van der Waals surface area (Å²) in [5.41, 5.74) is -6.43. The molecule has 4 aliphatic carbocycles. The van der Waals surface area contributed by atoms with Crippen molar-refractivity contribution in [2.45, 2.75) is 265 Å². The van der Waals surface area contributed by atoms with Crippen LogP contribution in [0.3, 0.4) is 0 Å². The second kappa shape index (κ2) is 23.5. The summed E-state index contributed by atoms with van der Waals surface area (Å²) in [4.78, 5) is 101. The Hall–Kier alpha value is -4.52. The van der Waals surface area contributed by atoms with Crippen LogP contribution in [0.15, 0.2) is 0 Å². The topological polar surface area (TPSA) is 297 Å². The van der Waals surface area contributed by atoms with Crippen LogP contribution in [0.2, 0.25) is 0 Å². The molecule has 0 aromatic rings. The normalized spacial score (nSPS) is 42.5. The highest BCUT2D eigenvalue weighted by molar-refractivity contribution is 5.70. The molecule has 0 bridgehead atoms. The molecule has 0 spiro atoms. The van der Waals surface area contributed by atoms with Crippen molar-refractivity contribution in [3.63, 3.8) is 0 Å². The van der Waals surface area contributed by atoms with Gasteiger partial charge in [0.1, 0.15) is 25.4 Å². The SMILES string of the molecule is CC(=O)OC[C@H]1O[C@@H](O[C@@H]2C[C@@H]3[C@@]4(C)CC[C@@H](O[C@@H]5O[C@H](COC(C)=O)[C@@H](OC(C)=O)[C@H](OC(C)=O)[C@H]5OC(C)=O)C(C)(C)[C@@H]4CC[C@@]3(C)[C@]3(C)CC[C@](O)([C@]4(C)CC[C@H](C(C)(C)O)O4)[C@@H]23)[C@H](OC(C)=O)[C@@H](OC(C)=O)[C@@H]1OC(C)=O. The third-order valence-corrected chi connectivity index (χ3v) is 19.9. The molecule has 0 amide bonds. The maximum absolute atomic E-state index is 13.8. The van der Waals surface area contributed by atoms with Crippen molar-refractivity contribution in [1.29, 1.82) is 0 Å². The van der Waals surface area contributed by atoms with Crippen molar-refractivity contribution < 1.29 is 110 Å². The standard InChI is InChI=1S/C58H88O23/c1-28(59)69-26-37-43(71-30(3)61)45(73-32(5)63)47(75-34(7)65)50(78-37)77-36-25-40-54(13)20-18-41(80-51-48(76-35(8)66)46(74-33(6)64)44(72-31(4)62)38(79-51)27-70-29(2)60)52(9,10)39(54)17-21-55(40,14)56(15)23-24-58(68,49(36)56)57(16)22-19-42(81-57)53(11,12)67/h36-51,67-68H,17-27H2,1-16H3/t36-,37-,38-,39+,40-,41-,42-,43-,44-,45+,46+,47-,48-,49+,50-,51+,54+,55-,56-,57+,58-/m1/s1. The van der Waals surface area contributed by atoms with E-state index >= 15 is 0 Å². The first kappa shape index (κ1) is 64.0. The lowest BCUT2D eigenvalue weighted by Gasteiger charge is -2.71. The number of carbonyl (C=O) groups is 8. The molecule has 21 atom stereocenters. The Bertz CT molecular complexity index is 2400. The Morgan fingerprint density at radius 3 is 1.38 bits per heavy atom. The number of rotatable bonds is 16. The quantitative estimate of drug-likeness (QED) is 0.116. The van der Waals surface area contributed by atoms with Gasteiger partial charge in [0.05, 0.1) is 35.1 Å². The third-order valence-electron chi connectivity index (χ3n) is 19.9. The molecular formula is C58H88O23. The molecule has 3 heterocycles. The van der Waals surface area contributed by atoms with E-state index in [1.165, 1.54) is 20.8 Å². The van der Waals surface area contributed by atoms with Gasteiger partial charge in [-0.3, -0.25) is 38.4 Å². The van der Waals surface area contributed by atoms with Gasteiger partial charge in [-0.2, -0.15) is 0 Å². The zero-order valence-electron chi connectivity index (χ0n) is 50.0. The molecule has 3 aliphatic heterocycles. The second-order valence-corrected chi connectivity index (χ2v) is 25.9. The van der Waals surface area contributed by atoms with E-state index in [-0.39, 0.29) is 11.8 Å². The fourth-order valence-corrected chi connectivity index (χ4v) is 16.3. The fraction of sp³-hybridized carbons (Fsp3) is 0.862. The van der Waals surface area contributed by atoms with Crippen LogP contribution in [-0.2, 0) is 99.9 Å². The zero-order chi connectivity index (χ0) is 60.3. The number of carbonyl (C=O) groups excluding carboxylic acids is 8. The van der Waals surface area contributed by atoms with Gasteiger partial charge in [0.2, 0.25) is 0 Å². The smallest absolute Gasteiger partial charge is 0.303 e. The summed E-state index contributed by atoms with van der Waals surface area (Å²) in [5.74, 6) is -7.01. The maximum atomic E-state index is 13.8. The van der Waals surface area contributed by atoms with Crippen molar-refractivity contribution in [3.05, 3.63) is 0 Å². The second-order valence-electron chi connectivity index (χ2n) is 25.9. The average molecular weight is 1150 g/mol. The van der Waals surface area contributed by atoms with Gasteiger partial charge in [-0.1, -0.05) is 34.6 Å². The van der Waals surface area contributed by atoms with Crippen LogP contribution in [0.25, 0.3) is 0 Å². The lowest BCUT2D eigenvalue weighted by molar-refractivity contribution is -0.351. The Morgan fingerprint density at radius 1 is 0.506 bits per heavy atom. The van der Waals surface area contributed by atoms with Gasteiger partial charge in [0.15, 0.2) is 49.2 Å². The van der Waals surface area contributed by atoms with E-state index in [0.29, 0.717) is 57.8 Å². The summed E-state index contributed by atoms with van der Waals surface area (Å²) in [7, 11) is 0. The number of ether oxygens (including phenoxy) is 13. The van der Waals surface area contributed by atoms with Crippen LogP contribution in [0.1, 0.15) is 169 Å². The van der Waals surface area contributed by atoms with Crippen LogP contribution in [0.4, 0.5) is 0 Å². The molecule has 0 aromatic carbocycles. The fourth-order valence-electron chi connectivity index (χ4n) is 16.3. The lowest BCUT2D eigenvalue weighted by atomic mass is 9.35. The molecule has 7 aliphatic rings. The number of esters is 8. The molecular weight excluding hydrogens is 1060 g/mol. The van der Waals surface area contributed by atoms with E-state index < -0.39 is 185 Å². The summed E-state index contributed by atoms with van der Waals surface area (Å²) in [6.07, 6.45) is -12.0. The van der Waals surface area contributed by atoms with Gasteiger partial charge >= 0.3 is 47.8 Å². The van der Waals surface area contributed by atoms with Gasteiger partial charge in [0.25, 0.3) is 0 Å². The van der Waals surface area contributed by atoms with Crippen molar-refractivity contribution in [3.8, 4) is 0 Å². The molecule has 7 fully saturated rings. The van der Waals surface area contributed by atoms with Gasteiger partial charge < -0.3 is 71.8 Å². The van der Waals surface area contributed by atoms with Crippen LogP contribution in [0, 0.1) is 39.4 Å². The van der Waals surface area contributed by atoms with Crippen LogP contribution < -0.4 is 0 Å². The molecule has 23 nitrogen and oxygen atoms in total. The minimum atomic E-state index is -1.59. The van der Waals surface area contributed by atoms with Crippen molar-refractivity contribution in [2.75, 3.05) is 13.2 Å². The first-order chi connectivity index (χ1) is 37.4. The Morgan fingerprint density at radius 2 is 0.951 bits per heavy atom. The third kappa shape index (κ3) is 12.4. The van der Waals surface area contributed by atoms with Crippen LogP contribution >= 0.6 is 0 Å². The predicted octanol–water partition coefficient (Wildman–Crippen LogP) is 5.04. The number of hydrogen-bond acceptors (Lipinski definition) is 23. The summed E-state index contributed by atoms with van der Waals surface area (Å²) in [6.45, 7) is 24.6. The summed E-state index contributed by atoms with van der Waals surface area (Å²) < 4.78 is 79.7. The minimum Gasteiger partial charge on any atom is -0.463 e. The van der Waals surface area contributed by atoms with E-state index in [0.717, 1.165) is 34.6 Å². The molecule has 81 heavy (non-hydrogen) atoms. The van der Waals surface area contributed by atoms with Crippen molar-refractivity contribution in [1.82, 2.24) is 0 Å². The summed E-state index contributed by atoms with van der Waals surface area (Å²) in [6, 6.07) is 0. The van der Waals surface area contributed by atoms with E-state index in [9.17, 15) is 48.6 Å². The van der Waals surface area contributed by atoms with Crippen molar-refractivity contribution in [2.24, 2.45) is 39.4 Å². The summed E-state index contributed by atoms with van der Waals surface area (Å²) in [5, 5.41) is 25.1. The average Bonchev–Trinajstić information content (AvgIpc) is 2.28. The molecule has 7 rings (SSSR count). The number of hydrogen-bond donors (Lipinski definition) is 2. The Labute approximate surface area is 474 Å². The molecule has 3 saturated heterocycles. The molecule has 2 N–H and O–H groups in total. The predicted molar refractivity (Wildman–Crippen MR) is 278 cm³/mol. The van der Waals surface area contributed by atoms with E-state index in [4.69, 9.17) is 61.6 Å². The first-order valence-corrected chi connectivity index (χ1v) is 28.5. The van der Waals surface area contributed by atoms with Crippen molar-refractivity contribution >= 4 is 47.8 Å². The Balaban J connectivity index is 1.31. The highest BCUT2D eigenvalue weighted by atomic mass is 16.8. The van der Waals surface area contributed by atoms with Crippen LogP contribution in [-0.4, -0.2) is 168 Å². The molecule has 0 aromatic heterocycles. The molecule has 0 unspecified atom stereocenters. The molecule has 23 heteroatoms. The monoisotopic (exact) mass is 1150 g/mol. The van der Waals surface area contributed by atoms with Gasteiger partial charge in [-0.05, 0) is 112 Å². The van der Waals surface area contributed by atoms with Gasteiger partial charge in [-0.25, -0.2) is 0 Å². The molecule has 4 saturated carbocycles. The summed E-state index contributed by atoms with van der Waals surface area (Å²) >= 11 is 0. The van der Waals surface area contributed by atoms with Gasteiger partial charge in [0, 0.05) is 61.3 Å². The van der Waals surface area contributed by atoms with E-state index in [2.05, 4.69) is 34.6 Å². The highest BCUT2D eigenvalue weighted by Gasteiger charge is 2.77. The van der Waals surface area contributed by atoms with E-state index in [1.54, 1.807) is 13.8 Å². The minimum absolute atomic E-state index is 0.0949. The largest absolute Gasteiger partial charge is 0.463 e.